The molecule has 0 radical (unpaired) electrons. The van der Waals surface area contributed by atoms with Crippen LogP contribution >= 0.6 is 0 Å². The number of unbranched alkanes of at least 4 members (excludes halogenated alkanes) is 24. The number of ether oxygens (including phenoxy) is 2. The van der Waals surface area contributed by atoms with Crippen molar-refractivity contribution in [2.24, 2.45) is 0 Å². The van der Waals surface area contributed by atoms with Gasteiger partial charge in [-0.25, -0.2) is 4.79 Å². The van der Waals surface area contributed by atoms with Gasteiger partial charge >= 0.3 is 12.1 Å². The van der Waals surface area contributed by atoms with Gasteiger partial charge in [0.2, 0.25) is 0 Å². The molecule has 1 N–H and O–H groups in total. The predicted molar refractivity (Wildman–Crippen MR) is 213 cm³/mol. The topological polar surface area (TPSA) is 79.3 Å². The van der Waals surface area contributed by atoms with Crippen molar-refractivity contribution in [1.82, 2.24) is 9.80 Å². The lowest BCUT2D eigenvalue weighted by molar-refractivity contribution is -0.143. The molecular weight excluding hydrogens is 624 g/mol. The first-order chi connectivity index (χ1) is 24.6. The Balaban J connectivity index is 3.95. The van der Waals surface area contributed by atoms with Crippen LogP contribution in [-0.4, -0.2) is 79.5 Å². The van der Waals surface area contributed by atoms with Crippen LogP contribution in [0.15, 0.2) is 0 Å². The summed E-state index contributed by atoms with van der Waals surface area (Å²) >= 11 is 0. The summed E-state index contributed by atoms with van der Waals surface area (Å²) in [6.07, 6.45) is 35.1. The van der Waals surface area contributed by atoms with E-state index in [0.29, 0.717) is 26.2 Å². The molecule has 0 atom stereocenters. The average molecular weight is 711 g/mol. The lowest BCUT2D eigenvalue weighted by Crippen LogP contribution is -2.33. The summed E-state index contributed by atoms with van der Waals surface area (Å²) in [5, 5.41) is 9.53. The predicted octanol–water partition coefficient (Wildman–Crippen LogP) is 12.0. The molecule has 0 aromatic rings. The molecule has 0 aliphatic heterocycles. The Labute approximate surface area is 311 Å². The fourth-order valence-corrected chi connectivity index (χ4v) is 6.61. The van der Waals surface area contributed by atoms with Crippen molar-refractivity contribution in [3.8, 4) is 0 Å². The molecule has 0 aliphatic rings. The van der Waals surface area contributed by atoms with E-state index in [2.05, 4.69) is 25.7 Å². The van der Waals surface area contributed by atoms with E-state index in [1.165, 1.54) is 109 Å². The first-order valence-electron chi connectivity index (χ1n) is 22.0. The molecule has 0 heterocycles. The minimum Gasteiger partial charge on any atom is -0.466 e. The molecule has 0 aliphatic carbocycles. The molecule has 7 nitrogen and oxygen atoms in total. The van der Waals surface area contributed by atoms with Crippen LogP contribution in [0.4, 0.5) is 4.79 Å². The maximum absolute atomic E-state index is 12.9. The number of amides is 1. The van der Waals surface area contributed by atoms with Gasteiger partial charge in [0.15, 0.2) is 0 Å². The van der Waals surface area contributed by atoms with Gasteiger partial charge in [0.25, 0.3) is 0 Å². The molecule has 1 amide bonds. The molecular formula is C43H86N2O5. The third-order valence-electron chi connectivity index (χ3n) is 9.95. The van der Waals surface area contributed by atoms with Gasteiger partial charge in [0, 0.05) is 26.1 Å². The molecule has 298 valence electrons. The van der Waals surface area contributed by atoms with E-state index in [1.807, 2.05) is 4.90 Å². The highest BCUT2D eigenvalue weighted by atomic mass is 16.6. The molecule has 0 bridgehead atoms. The van der Waals surface area contributed by atoms with Crippen LogP contribution in [0.1, 0.15) is 213 Å². The van der Waals surface area contributed by atoms with E-state index in [4.69, 9.17) is 9.47 Å². The van der Waals surface area contributed by atoms with Gasteiger partial charge in [0.1, 0.15) is 0 Å². The number of aliphatic hydroxyl groups excluding tert-OH is 1. The summed E-state index contributed by atoms with van der Waals surface area (Å²) in [6.45, 7) is 12.4. The van der Waals surface area contributed by atoms with E-state index in [0.717, 1.165) is 103 Å². The number of rotatable bonds is 40. The zero-order valence-corrected chi connectivity index (χ0v) is 33.8. The van der Waals surface area contributed by atoms with Gasteiger partial charge in [-0.05, 0) is 58.0 Å². The lowest BCUT2D eigenvalue weighted by atomic mass is 10.1. The Morgan fingerprint density at radius 3 is 1.22 bits per heavy atom. The van der Waals surface area contributed by atoms with Crippen molar-refractivity contribution >= 4 is 12.1 Å². The van der Waals surface area contributed by atoms with Gasteiger partial charge < -0.3 is 24.4 Å². The van der Waals surface area contributed by atoms with Crippen molar-refractivity contribution in [2.45, 2.75) is 213 Å². The quantitative estimate of drug-likeness (QED) is 0.0504. The van der Waals surface area contributed by atoms with Crippen LogP contribution in [0, 0.1) is 0 Å². The second-order valence-corrected chi connectivity index (χ2v) is 14.8. The Bertz CT molecular complexity index is 691. The fourth-order valence-electron chi connectivity index (χ4n) is 6.61. The molecule has 0 unspecified atom stereocenters. The molecule has 0 rings (SSSR count). The first-order valence-corrected chi connectivity index (χ1v) is 22.0. The number of carbonyl (C=O) groups excluding carboxylic acids is 2. The van der Waals surface area contributed by atoms with Crippen LogP contribution in [0.3, 0.4) is 0 Å². The highest BCUT2D eigenvalue weighted by Gasteiger charge is 2.14. The smallest absolute Gasteiger partial charge is 0.409 e. The van der Waals surface area contributed by atoms with E-state index >= 15 is 0 Å². The van der Waals surface area contributed by atoms with Crippen LogP contribution in [0.5, 0.6) is 0 Å². The van der Waals surface area contributed by atoms with Crippen LogP contribution in [0.25, 0.3) is 0 Å². The second-order valence-electron chi connectivity index (χ2n) is 14.8. The van der Waals surface area contributed by atoms with E-state index < -0.39 is 0 Å². The Hall–Kier alpha value is -1.34. The normalized spacial score (nSPS) is 11.4. The van der Waals surface area contributed by atoms with Crippen molar-refractivity contribution < 1.29 is 24.2 Å². The van der Waals surface area contributed by atoms with Gasteiger partial charge in [-0.3, -0.25) is 4.79 Å². The molecule has 0 aromatic heterocycles. The summed E-state index contributed by atoms with van der Waals surface area (Å²) in [4.78, 5) is 29.3. The van der Waals surface area contributed by atoms with E-state index in [9.17, 15) is 14.7 Å². The van der Waals surface area contributed by atoms with Crippen LogP contribution in [-0.2, 0) is 14.3 Å². The van der Waals surface area contributed by atoms with Gasteiger partial charge in [0.05, 0.1) is 19.8 Å². The first kappa shape index (κ1) is 48.7. The van der Waals surface area contributed by atoms with Gasteiger partial charge in [-0.2, -0.15) is 0 Å². The number of nitrogens with zero attached hydrogens (tertiary/aromatic N) is 2. The largest absolute Gasteiger partial charge is 0.466 e. The van der Waals surface area contributed by atoms with E-state index in [1.54, 1.807) is 0 Å². The monoisotopic (exact) mass is 711 g/mol. The zero-order valence-electron chi connectivity index (χ0n) is 33.8. The number of hydrogen-bond acceptors (Lipinski definition) is 6. The minimum absolute atomic E-state index is 0.0507. The third-order valence-corrected chi connectivity index (χ3v) is 9.95. The van der Waals surface area contributed by atoms with Crippen molar-refractivity contribution in [3.05, 3.63) is 0 Å². The standard InChI is InChI=1S/C43H86N2O5/c1-4-7-10-13-16-17-18-23-31-40-49-42(47)33-26-25-28-35-44(38-39-46)34-27-20-19-24-32-41-50-43(48)45(36-29-21-14-11-8-5-2)37-30-22-15-12-9-6-3/h46H,4-41H2,1-3H3. The lowest BCUT2D eigenvalue weighted by Gasteiger charge is -2.22. The van der Waals surface area contributed by atoms with Gasteiger partial charge in [-0.1, -0.05) is 162 Å². The molecule has 0 saturated heterocycles. The molecule has 0 saturated carbocycles. The SMILES string of the molecule is CCCCCCCCCCCOC(=O)CCCCCN(CCO)CCCCCCCOC(=O)N(CCCCCCCC)CCCCCCCC. The summed E-state index contributed by atoms with van der Waals surface area (Å²) in [5.74, 6) is -0.0507. The molecule has 0 fully saturated rings. The Kier molecular flexibility index (Phi) is 39.3. The van der Waals surface area contributed by atoms with Crippen LogP contribution in [0.2, 0.25) is 0 Å². The van der Waals surface area contributed by atoms with Crippen molar-refractivity contribution in [3.63, 3.8) is 0 Å². The number of esters is 1. The summed E-state index contributed by atoms with van der Waals surface area (Å²) in [7, 11) is 0. The zero-order chi connectivity index (χ0) is 36.6. The maximum atomic E-state index is 12.9. The molecule has 0 spiro atoms. The third kappa shape index (κ3) is 35.1. The Morgan fingerprint density at radius 1 is 0.420 bits per heavy atom. The molecule has 0 aromatic carbocycles. The van der Waals surface area contributed by atoms with Crippen molar-refractivity contribution in [1.29, 1.82) is 0 Å². The number of carbonyl (C=O) groups is 2. The number of aliphatic hydroxyl groups is 1. The molecule has 7 heteroatoms. The maximum Gasteiger partial charge on any atom is 0.409 e. The minimum atomic E-state index is -0.113. The van der Waals surface area contributed by atoms with Crippen molar-refractivity contribution in [2.75, 3.05) is 52.5 Å². The highest BCUT2D eigenvalue weighted by molar-refractivity contribution is 5.69. The van der Waals surface area contributed by atoms with Gasteiger partial charge in [-0.15, -0.1) is 0 Å². The highest BCUT2D eigenvalue weighted by Crippen LogP contribution is 2.13. The summed E-state index contributed by atoms with van der Waals surface area (Å²) < 4.78 is 11.2. The summed E-state index contributed by atoms with van der Waals surface area (Å²) in [6, 6.07) is 0. The fraction of sp³-hybridized carbons (Fsp3) is 0.953. The second kappa shape index (κ2) is 40.4. The Morgan fingerprint density at radius 2 is 0.780 bits per heavy atom. The van der Waals surface area contributed by atoms with E-state index in [-0.39, 0.29) is 18.7 Å². The number of hydrogen-bond donors (Lipinski definition) is 1. The van der Waals surface area contributed by atoms with Crippen LogP contribution < -0.4 is 0 Å². The summed E-state index contributed by atoms with van der Waals surface area (Å²) in [5.41, 5.74) is 0. The molecule has 50 heavy (non-hydrogen) atoms. The average Bonchev–Trinajstić information content (AvgIpc) is 3.11.